The van der Waals surface area contributed by atoms with Gasteiger partial charge in [0, 0.05) is 24.3 Å². The number of aliphatic hydroxyl groups excluding tert-OH is 1. The number of benzene rings is 1. The van der Waals surface area contributed by atoms with Gasteiger partial charge in [0.05, 0.1) is 12.6 Å². The highest BCUT2D eigenvalue weighted by Crippen LogP contribution is 2.27. The molecule has 0 aliphatic rings. The van der Waals surface area contributed by atoms with E-state index < -0.39 is 11.9 Å². The first-order valence-corrected chi connectivity index (χ1v) is 6.48. The van der Waals surface area contributed by atoms with Crippen LogP contribution in [0.2, 0.25) is 0 Å². The molecule has 1 rings (SSSR count). The molecule has 5 heteroatoms. The Labute approximate surface area is 113 Å². The van der Waals surface area contributed by atoms with Crippen molar-refractivity contribution in [2.45, 2.75) is 26.9 Å². The van der Waals surface area contributed by atoms with E-state index in [9.17, 15) is 14.3 Å². The van der Waals surface area contributed by atoms with E-state index >= 15 is 0 Å². The molecule has 2 N–H and O–H groups in total. The van der Waals surface area contributed by atoms with Crippen molar-refractivity contribution in [2.24, 2.45) is 0 Å². The summed E-state index contributed by atoms with van der Waals surface area (Å²) in [6.07, 6.45) is -0.783. The predicted octanol–water partition coefficient (Wildman–Crippen LogP) is 1.84. The van der Waals surface area contributed by atoms with Gasteiger partial charge >= 0.3 is 0 Å². The molecule has 1 unspecified atom stereocenters. The smallest absolute Gasteiger partial charge is 0.239 e. The second-order valence-electron chi connectivity index (χ2n) is 4.35. The quantitative estimate of drug-likeness (QED) is 0.827. The fourth-order valence-corrected chi connectivity index (χ4v) is 1.94. The number of carbonyl (C=O) groups excluding carboxylic acids is 1. The molecule has 4 nitrogen and oxygen atoms in total. The van der Waals surface area contributed by atoms with Crippen LogP contribution in [0.4, 0.5) is 10.1 Å². The minimum absolute atomic E-state index is 0.0924. The molecule has 1 atom stereocenters. The summed E-state index contributed by atoms with van der Waals surface area (Å²) in [7, 11) is 0. The molecule has 0 bridgehead atoms. The Bertz CT molecular complexity index is 435. The summed E-state index contributed by atoms with van der Waals surface area (Å²) in [5.74, 6) is -0.487. The highest BCUT2D eigenvalue weighted by atomic mass is 19.1. The van der Waals surface area contributed by atoms with Gasteiger partial charge in [-0.1, -0.05) is 0 Å². The van der Waals surface area contributed by atoms with Crippen LogP contribution in [0.3, 0.4) is 0 Å². The van der Waals surface area contributed by atoms with Gasteiger partial charge in [-0.15, -0.1) is 0 Å². The number of rotatable bonds is 6. The molecule has 0 saturated heterocycles. The maximum absolute atomic E-state index is 13.2. The van der Waals surface area contributed by atoms with Crippen molar-refractivity contribution in [1.29, 1.82) is 0 Å². The van der Waals surface area contributed by atoms with Crippen LogP contribution in [0.1, 0.15) is 32.4 Å². The summed E-state index contributed by atoms with van der Waals surface area (Å²) < 4.78 is 13.2. The van der Waals surface area contributed by atoms with Crippen molar-refractivity contribution in [3.63, 3.8) is 0 Å². The van der Waals surface area contributed by atoms with Gasteiger partial charge in [-0.2, -0.15) is 0 Å². The number of carbonyl (C=O) groups is 1. The van der Waals surface area contributed by atoms with Crippen LogP contribution in [-0.2, 0) is 4.79 Å². The van der Waals surface area contributed by atoms with E-state index in [1.165, 1.54) is 12.1 Å². The van der Waals surface area contributed by atoms with Gasteiger partial charge in [-0.05, 0) is 39.0 Å². The number of likely N-dealkylation sites (N-methyl/N-ethyl adjacent to an activating group) is 2. The minimum atomic E-state index is -0.783. The van der Waals surface area contributed by atoms with Crippen molar-refractivity contribution >= 4 is 11.6 Å². The van der Waals surface area contributed by atoms with E-state index in [1.807, 2.05) is 18.7 Å². The number of nitrogens with one attached hydrogen (secondary N) is 1. The molecule has 0 aliphatic carbocycles. The average molecular weight is 268 g/mol. The Balaban J connectivity index is 3.00. The second kappa shape index (κ2) is 7.09. The van der Waals surface area contributed by atoms with Gasteiger partial charge in [0.15, 0.2) is 0 Å². The molecule has 0 heterocycles. The van der Waals surface area contributed by atoms with Crippen molar-refractivity contribution in [3.05, 3.63) is 29.6 Å². The fraction of sp³-hybridized carbons (Fsp3) is 0.500. The van der Waals surface area contributed by atoms with Crippen LogP contribution >= 0.6 is 0 Å². The maximum atomic E-state index is 13.2. The maximum Gasteiger partial charge on any atom is 0.239 e. The number of anilines is 1. The minimum Gasteiger partial charge on any atom is -0.389 e. The normalized spacial score (nSPS) is 12.1. The SMILES string of the molecule is CCNC(=O)CN(CC)c1ccc(F)cc1C(C)O. The van der Waals surface area contributed by atoms with Crippen LogP contribution in [0.25, 0.3) is 0 Å². The van der Waals surface area contributed by atoms with Crippen molar-refractivity contribution in [2.75, 3.05) is 24.5 Å². The van der Waals surface area contributed by atoms with Crippen LogP contribution in [0, 0.1) is 5.82 Å². The zero-order valence-electron chi connectivity index (χ0n) is 11.6. The summed E-state index contributed by atoms with van der Waals surface area (Å²) in [4.78, 5) is 13.5. The lowest BCUT2D eigenvalue weighted by atomic mass is 10.1. The molecule has 106 valence electrons. The fourth-order valence-electron chi connectivity index (χ4n) is 1.94. The number of hydrogen-bond acceptors (Lipinski definition) is 3. The lowest BCUT2D eigenvalue weighted by molar-refractivity contribution is -0.119. The third-order valence-electron chi connectivity index (χ3n) is 2.87. The number of nitrogens with zero attached hydrogens (tertiary/aromatic N) is 1. The molecule has 0 aromatic heterocycles. The molecule has 0 fully saturated rings. The van der Waals surface area contributed by atoms with Crippen LogP contribution in [0.15, 0.2) is 18.2 Å². The van der Waals surface area contributed by atoms with E-state index in [0.29, 0.717) is 24.3 Å². The van der Waals surface area contributed by atoms with Crippen molar-refractivity contribution in [3.8, 4) is 0 Å². The standard InChI is InChI=1S/C14H21FN2O2/c1-4-16-14(19)9-17(5-2)13-7-6-11(15)8-12(13)10(3)18/h6-8,10,18H,4-5,9H2,1-3H3,(H,16,19). The topological polar surface area (TPSA) is 52.6 Å². The molecule has 1 amide bonds. The van der Waals surface area contributed by atoms with E-state index in [2.05, 4.69) is 5.32 Å². The van der Waals surface area contributed by atoms with Crippen molar-refractivity contribution in [1.82, 2.24) is 5.32 Å². The highest BCUT2D eigenvalue weighted by molar-refractivity contribution is 5.81. The van der Waals surface area contributed by atoms with Crippen LogP contribution < -0.4 is 10.2 Å². The third kappa shape index (κ3) is 4.21. The summed E-state index contributed by atoms with van der Waals surface area (Å²) in [5.41, 5.74) is 1.18. The second-order valence-corrected chi connectivity index (χ2v) is 4.35. The molecular weight excluding hydrogens is 247 g/mol. The van der Waals surface area contributed by atoms with Crippen molar-refractivity contribution < 1.29 is 14.3 Å². The Morgan fingerprint density at radius 2 is 2.16 bits per heavy atom. The third-order valence-corrected chi connectivity index (χ3v) is 2.87. The van der Waals surface area contributed by atoms with E-state index in [1.54, 1.807) is 13.0 Å². The molecule has 0 saturated carbocycles. The Morgan fingerprint density at radius 1 is 1.47 bits per heavy atom. The van der Waals surface area contributed by atoms with E-state index in [-0.39, 0.29) is 12.5 Å². The van der Waals surface area contributed by atoms with Gasteiger partial charge in [-0.25, -0.2) is 4.39 Å². The molecule has 0 aliphatic heterocycles. The summed E-state index contributed by atoms with van der Waals surface area (Å²) in [6, 6.07) is 4.24. The number of hydrogen-bond donors (Lipinski definition) is 2. The Hall–Kier alpha value is -1.62. The lowest BCUT2D eigenvalue weighted by Gasteiger charge is -2.26. The predicted molar refractivity (Wildman–Crippen MR) is 73.6 cm³/mol. The zero-order valence-corrected chi connectivity index (χ0v) is 11.6. The first-order chi connectivity index (χ1) is 8.99. The summed E-state index contributed by atoms with van der Waals surface area (Å²) >= 11 is 0. The highest BCUT2D eigenvalue weighted by Gasteiger charge is 2.16. The Morgan fingerprint density at radius 3 is 2.68 bits per heavy atom. The summed E-state index contributed by atoms with van der Waals surface area (Å²) in [6.45, 7) is 6.71. The van der Waals surface area contributed by atoms with Gasteiger partial charge in [0.25, 0.3) is 0 Å². The average Bonchev–Trinajstić information content (AvgIpc) is 2.36. The zero-order chi connectivity index (χ0) is 14.4. The largest absolute Gasteiger partial charge is 0.389 e. The molecule has 19 heavy (non-hydrogen) atoms. The number of amides is 1. The summed E-state index contributed by atoms with van der Waals surface area (Å²) in [5, 5.41) is 12.4. The Kier molecular flexibility index (Phi) is 5.76. The molecule has 0 radical (unpaired) electrons. The van der Waals surface area contributed by atoms with Crippen LogP contribution in [0.5, 0.6) is 0 Å². The van der Waals surface area contributed by atoms with E-state index in [0.717, 1.165) is 0 Å². The van der Waals surface area contributed by atoms with Gasteiger partial charge in [-0.3, -0.25) is 4.79 Å². The van der Waals surface area contributed by atoms with Gasteiger partial charge < -0.3 is 15.3 Å². The monoisotopic (exact) mass is 268 g/mol. The molecular formula is C14H21FN2O2. The lowest BCUT2D eigenvalue weighted by Crippen LogP contribution is -2.37. The molecule has 0 spiro atoms. The van der Waals surface area contributed by atoms with Gasteiger partial charge in [0.2, 0.25) is 5.91 Å². The van der Waals surface area contributed by atoms with Crippen LogP contribution in [-0.4, -0.2) is 30.6 Å². The number of aliphatic hydroxyl groups is 1. The van der Waals surface area contributed by atoms with Gasteiger partial charge in [0.1, 0.15) is 5.82 Å². The first kappa shape index (κ1) is 15.4. The number of halogens is 1. The first-order valence-electron chi connectivity index (χ1n) is 6.48. The molecule has 1 aromatic rings. The molecule has 1 aromatic carbocycles. The van der Waals surface area contributed by atoms with E-state index in [4.69, 9.17) is 0 Å².